The molecule has 0 spiro atoms. The lowest BCUT2D eigenvalue weighted by atomic mass is 10.1. The van der Waals surface area contributed by atoms with E-state index in [2.05, 4.69) is 16.0 Å². The van der Waals surface area contributed by atoms with Crippen LogP contribution >= 0.6 is 0 Å². The summed E-state index contributed by atoms with van der Waals surface area (Å²) >= 11 is 0. The third kappa shape index (κ3) is 5.02. The number of ether oxygens (including phenoxy) is 4. The zero-order chi connectivity index (χ0) is 23.1. The molecule has 0 aliphatic heterocycles. The van der Waals surface area contributed by atoms with Gasteiger partial charge in [0.05, 0.1) is 37.3 Å². The average molecular weight is 431 g/mol. The molecular formula is C24H21N3O5. The van der Waals surface area contributed by atoms with Crippen molar-refractivity contribution in [2.45, 2.75) is 13.8 Å². The second-order valence-corrected chi connectivity index (χ2v) is 6.58. The molecule has 8 nitrogen and oxygen atoms in total. The number of methoxy groups -OCH3 is 2. The summed E-state index contributed by atoms with van der Waals surface area (Å²) in [6.07, 6.45) is 1.26. The molecule has 0 aliphatic rings. The number of nitriles is 1. The van der Waals surface area contributed by atoms with Crippen LogP contribution in [0.1, 0.15) is 22.6 Å². The number of para-hydroxylation sites is 1. The lowest BCUT2D eigenvalue weighted by molar-refractivity contribution is -0.133. The summed E-state index contributed by atoms with van der Waals surface area (Å²) in [6.45, 7) is 3.46. The van der Waals surface area contributed by atoms with Crippen molar-refractivity contribution >= 4 is 11.5 Å². The second-order valence-electron chi connectivity index (χ2n) is 6.58. The minimum atomic E-state index is -0.613. The molecular weight excluding hydrogens is 410 g/mol. The van der Waals surface area contributed by atoms with Crippen molar-refractivity contribution in [2.24, 2.45) is 0 Å². The number of hydrogen-bond donors (Lipinski definition) is 0. The van der Waals surface area contributed by atoms with E-state index in [1.54, 1.807) is 62.4 Å². The zero-order valence-corrected chi connectivity index (χ0v) is 18.1. The molecule has 0 aliphatic carbocycles. The van der Waals surface area contributed by atoms with Gasteiger partial charge >= 0.3 is 5.97 Å². The number of aromatic nitrogens is 2. The first kappa shape index (κ1) is 22.3. The fourth-order valence-corrected chi connectivity index (χ4v) is 2.99. The Labute approximate surface area is 185 Å². The van der Waals surface area contributed by atoms with E-state index < -0.39 is 5.97 Å². The Hall–Kier alpha value is -4.38. The van der Waals surface area contributed by atoms with Crippen LogP contribution in [0.5, 0.6) is 23.1 Å². The van der Waals surface area contributed by atoms with Crippen LogP contribution in [0.4, 0.5) is 0 Å². The van der Waals surface area contributed by atoms with Crippen LogP contribution in [-0.2, 0) is 14.3 Å². The molecule has 1 heterocycles. The van der Waals surface area contributed by atoms with E-state index in [0.717, 1.165) is 0 Å². The molecule has 8 heteroatoms. The summed E-state index contributed by atoms with van der Waals surface area (Å²) in [6, 6.07) is 15.9. The second kappa shape index (κ2) is 10.1. The Bertz CT molecular complexity index is 1210. The van der Waals surface area contributed by atoms with Crippen molar-refractivity contribution in [3.05, 3.63) is 77.4 Å². The molecule has 0 fully saturated rings. The van der Waals surface area contributed by atoms with Gasteiger partial charge < -0.3 is 18.9 Å². The minimum absolute atomic E-state index is 0.123. The van der Waals surface area contributed by atoms with Crippen molar-refractivity contribution in [3.63, 3.8) is 0 Å². The maximum absolute atomic E-state index is 12.3. The highest BCUT2D eigenvalue weighted by atomic mass is 16.5. The number of rotatable bonds is 7. The lowest BCUT2D eigenvalue weighted by Gasteiger charge is -2.15. The first-order valence-corrected chi connectivity index (χ1v) is 9.58. The van der Waals surface area contributed by atoms with Crippen molar-refractivity contribution in [2.75, 3.05) is 14.2 Å². The number of hydrogen-bond acceptors (Lipinski definition) is 8. The van der Waals surface area contributed by atoms with Crippen molar-refractivity contribution in [1.29, 1.82) is 5.26 Å². The highest BCUT2D eigenvalue weighted by molar-refractivity contribution is 6.17. The summed E-state index contributed by atoms with van der Waals surface area (Å²) in [5.41, 5.74) is 1.41. The molecule has 0 bridgehead atoms. The molecule has 0 amide bonds. The van der Waals surface area contributed by atoms with Crippen LogP contribution in [0.15, 0.2) is 54.8 Å². The summed E-state index contributed by atoms with van der Waals surface area (Å²) in [4.78, 5) is 21.0. The predicted molar refractivity (Wildman–Crippen MR) is 116 cm³/mol. The van der Waals surface area contributed by atoms with Crippen molar-refractivity contribution in [3.8, 4) is 29.2 Å². The van der Waals surface area contributed by atoms with Gasteiger partial charge in [-0.15, -0.1) is 0 Å². The smallest absolute Gasteiger partial charge is 0.341 e. The number of benzene rings is 2. The average Bonchev–Trinajstić information content (AvgIpc) is 2.78. The van der Waals surface area contributed by atoms with E-state index in [4.69, 9.17) is 18.9 Å². The van der Waals surface area contributed by atoms with E-state index in [0.29, 0.717) is 39.9 Å². The molecule has 162 valence electrons. The van der Waals surface area contributed by atoms with Gasteiger partial charge in [0.1, 0.15) is 34.7 Å². The third-order valence-electron chi connectivity index (χ3n) is 4.33. The van der Waals surface area contributed by atoms with E-state index in [1.165, 1.54) is 20.5 Å². The normalized spacial score (nSPS) is 10.8. The quantitative estimate of drug-likeness (QED) is 0.301. The maximum atomic E-state index is 12.3. The van der Waals surface area contributed by atoms with Gasteiger partial charge in [0.15, 0.2) is 0 Å². The van der Waals surface area contributed by atoms with Gasteiger partial charge in [-0.3, -0.25) is 0 Å². The van der Waals surface area contributed by atoms with Crippen LogP contribution < -0.4 is 9.47 Å². The summed E-state index contributed by atoms with van der Waals surface area (Å²) in [7, 11) is 2.70. The molecule has 3 aromatic rings. The van der Waals surface area contributed by atoms with Crippen molar-refractivity contribution in [1.82, 2.24) is 9.97 Å². The van der Waals surface area contributed by atoms with Gasteiger partial charge in [-0.05, 0) is 38.1 Å². The number of nitrogens with zero attached hydrogens (tertiary/aromatic N) is 3. The molecule has 1 aromatic heterocycles. The molecule has 0 radical (unpaired) electrons. The first-order valence-electron chi connectivity index (χ1n) is 9.58. The molecule has 0 N–H and O–H groups in total. The molecule has 0 atom stereocenters. The Balaban J connectivity index is 1.99. The number of aryl methyl sites for hydroxylation is 2. The number of esters is 1. The molecule has 0 saturated carbocycles. The number of carbonyl (C=O) groups is 1. The monoisotopic (exact) mass is 431 g/mol. The van der Waals surface area contributed by atoms with Gasteiger partial charge in [0, 0.05) is 6.07 Å². The molecule has 2 aromatic carbocycles. The SMILES string of the molecule is COC=C(C(=O)OC)c1c(C)nc(C)nc1Oc1cccc(Oc2ccccc2C#N)c1. The molecule has 3 rings (SSSR count). The summed E-state index contributed by atoms with van der Waals surface area (Å²) < 4.78 is 21.8. The number of carbonyl (C=O) groups excluding carboxylic acids is 1. The highest BCUT2D eigenvalue weighted by Gasteiger charge is 2.23. The first-order chi connectivity index (χ1) is 15.5. The van der Waals surface area contributed by atoms with Gasteiger partial charge in [0.2, 0.25) is 5.88 Å². The fraction of sp³-hybridized carbons (Fsp3) is 0.167. The minimum Gasteiger partial charge on any atom is -0.503 e. The van der Waals surface area contributed by atoms with E-state index in [-0.39, 0.29) is 11.5 Å². The Kier molecular flexibility index (Phi) is 7.03. The fourth-order valence-electron chi connectivity index (χ4n) is 2.99. The van der Waals surface area contributed by atoms with Crippen molar-refractivity contribution < 1.29 is 23.7 Å². The standard InChI is InChI=1S/C24H21N3O5/c1-15-22(20(14-29-3)24(28)30-4)23(27-16(2)26-15)32-19-10-7-9-18(12-19)31-21-11-6-5-8-17(21)13-25/h5-12,14H,1-4H3. The van der Waals surface area contributed by atoms with E-state index in [1.807, 2.05) is 0 Å². The van der Waals surface area contributed by atoms with Gasteiger partial charge in [-0.2, -0.15) is 10.2 Å². The third-order valence-corrected chi connectivity index (χ3v) is 4.33. The zero-order valence-electron chi connectivity index (χ0n) is 18.1. The van der Waals surface area contributed by atoms with Crippen LogP contribution in [0.3, 0.4) is 0 Å². The van der Waals surface area contributed by atoms with Gasteiger partial charge in [-0.25, -0.2) is 9.78 Å². The van der Waals surface area contributed by atoms with Crippen LogP contribution in [-0.4, -0.2) is 30.2 Å². The lowest BCUT2D eigenvalue weighted by Crippen LogP contribution is -2.10. The van der Waals surface area contributed by atoms with Crippen LogP contribution in [0.2, 0.25) is 0 Å². The maximum Gasteiger partial charge on any atom is 0.341 e. The van der Waals surface area contributed by atoms with Gasteiger partial charge in [-0.1, -0.05) is 18.2 Å². The Morgan fingerprint density at radius 1 is 1.00 bits per heavy atom. The largest absolute Gasteiger partial charge is 0.503 e. The van der Waals surface area contributed by atoms with Gasteiger partial charge in [0.25, 0.3) is 0 Å². The highest BCUT2D eigenvalue weighted by Crippen LogP contribution is 2.34. The van der Waals surface area contributed by atoms with Crippen LogP contribution in [0.25, 0.3) is 5.57 Å². The molecule has 32 heavy (non-hydrogen) atoms. The topological polar surface area (TPSA) is 104 Å². The Morgan fingerprint density at radius 3 is 2.41 bits per heavy atom. The van der Waals surface area contributed by atoms with E-state index in [9.17, 15) is 10.1 Å². The predicted octanol–water partition coefficient (Wildman–Crippen LogP) is 4.71. The Morgan fingerprint density at radius 2 is 1.72 bits per heavy atom. The van der Waals surface area contributed by atoms with Crippen LogP contribution in [0, 0.1) is 25.2 Å². The summed E-state index contributed by atoms with van der Waals surface area (Å²) in [5.74, 6) is 1.33. The molecule has 0 saturated heterocycles. The molecule has 0 unspecified atom stereocenters. The van der Waals surface area contributed by atoms with E-state index >= 15 is 0 Å². The summed E-state index contributed by atoms with van der Waals surface area (Å²) in [5, 5.41) is 9.27.